The van der Waals surface area contributed by atoms with Crippen molar-refractivity contribution in [3.05, 3.63) is 0 Å². The molecule has 0 aliphatic carbocycles. The van der Waals surface area contributed by atoms with Crippen LogP contribution in [-0.2, 0) is 21.5 Å². The molecule has 0 aromatic rings. The Morgan fingerprint density at radius 2 is 1.20 bits per heavy atom. The van der Waals surface area contributed by atoms with E-state index in [1.54, 1.807) is 10.1 Å². The minimum absolute atomic E-state index is 0. The average Bonchev–Trinajstić information content (AvgIpc) is 1.00. The Labute approximate surface area is 67.0 Å². The predicted molar refractivity (Wildman–Crippen MR) is 17.9 cm³/mol. The van der Waals surface area contributed by atoms with Crippen molar-refractivity contribution in [2.45, 2.75) is 0 Å². The molecule has 9 radical (unpaired) electrons. The fourth-order valence-corrected chi connectivity index (χ4v) is 0. The first-order chi connectivity index (χ1) is 1.00. The second-order valence-corrected chi connectivity index (χ2v) is 0. The molecule has 0 fully saturated rings. The van der Waals surface area contributed by atoms with Crippen LogP contribution in [0.4, 0.5) is 0 Å². The fourth-order valence-electron chi connectivity index (χ4n) is 0. The third kappa shape index (κ3) is 29.5. The molecular weight excluding hydrogens is 318 g/mol. The number of rotatable bonds is 0. The summed E-state index contributed by atoms with van der Waals surface area (Å²) in [5.41, 5.74) is 0. The summed E-state index contributed by atoms with van der Waals surface area (Å²) in [5.74, 6) is 0. The maximum absolute atomic E-state index is 8.06. The van der Waals surface area contributed by atoms with Crippen LogP contribution in [0, 0.1) is 0 Å². The molecule has 1 nitrogen and oxygen atoms in total. The van der Waals surface area contributed by atoms with Gasteiger partial charge in [0.15, 0.2) is 0 Å². The monoisotopic (exact) mass is 319 g/mol. The van der Waals surface area contributed by atoms with Gasteiger partial charge in [-0.3, -0.25) is 0 Å². The van der Waals surface area contributed by atoms with E-state index in [0.29, 0.717) is 0 Å². The van der Waals surface area contributed by atoms with Crippen LogP contribution in [0.25, 0.3) is 0 Å². The molecule has 0 rings (SSSR count). The Morgan fingerprint density at radius 3 is 1.20 bits per heavy atom. The van der Waals surface area contributed by atoms with Crippen LogP contribution in [0.1, 0.15) is 0 Å². The summed E-state index contributed by atoms with van der Waals surface area (Å²) in [4.78, 5) is 0. The van der Waals surface area contributed by atoms with E-state index < -0.39 is 0 Å². The maximum atomic E-state index is 8.06. The molecule has 5 heteroatoms. The smallest absolute Gasteiger partial charge is 0.381 e. The van der Waals surface area contributed by atoms with Crippen LogP contribution in [0.15, 0.2) is 0 Å². The average molecular weight is 318 g/mol. The van der Waals surface area contributed by atoms with E-state index in [1.165, 1.54) is 0 Å². The van der Waals surface area contributed by atoms with Gasteiger partial charge < -0.3 is 4.46 Å². The van der Waals surface area contributed by atoms with E-state index in [1.807, 2.05) is 0 Å². The molecule has 0 N–H and O–H groups in total. The summed E-state index contributed by atoms with van der Waals surface area (Å²) in [6, 6.07) is 0. The van der Waals surface area contributed by atoms with Gasteiger partial charge in [0, 0.05) is 52.8 Å². The van der Waals surface area contributed by atoms with Crippen LogP contribution >= 0.6 is 0 Å². The standard InChI is InChI=1S/B.Fe.OSi.Pb/c;;1-2;. The van der Waals surface area contributed by atoms with Gasteiger partial charge in [0.2, 0.25) is 0 Å². The third-order valence-corrected chi connectivity index (χ3v) is 0. The van der Waals surface area contributed by atoms with Crippen molar-refractivity contribution < 1.29 is 21.5 Å². The molecule has 0 unspecified atom stereocenters. The molecule has 0 atom stereocenters. The van der Waals surface area contributed by atoms with Crippen molar-refractivity contribution in [1.29, 1.82) is 0 Å². The zero-order valence-corrected chi connectivity index (χ0v) is 8.33. The SMILES string of the molecule is O=[Si].[B].[Fe].[Pb]. The van der Waals surface area contributed by atoms with Gasteiger partial charge in [-0.15, -0.1) is 0 Å². The van der Waals surface area contributed by atoms with E-state index in [-0.39, 0.29) is 52.8 Å². The number of hydrogen-bond acceptors (Lipinski definition) is 1. The Balaban J connectivity index is -0.00000000167. The summed E-state index contributed by atoms with van der Waals surface area (Å²) in [7, 11) is 1.72. The largest absolute Gasteiger partial charge is 0.381 e. The van der Waals surface area contributed by atoms with Crippen molar-refractivity contribution >= 4 is 45.8 Å². The minimum Gasteiger partial charge on any atom is -0.381 e. The van der Waals surface area contributed by atoms with E-state index in [2.05, 4.69) is 0 Å². The second kappa shape index (κ2) is 48.7. The molecule has 0 aliphatic rings. The summed E-state index contributed by atoms with van der Waals surface area (Å²) in [5, 5.41) is 0. The summed E-state index contributed by atoms with van der Waals surface area (Å²) >= 11 is 0. The van der Waals surface area contributed by atoms with Gasteiger partial charge in [0.05, 0.1) is 0 Å². The molecule has 0 heterocycles. The molecule has 0 amide bonds. The zero-order valence-electron chi connectivity index (χ0n) is 2.34. The Morgan fingerprint density at radius 1 is 1.20 bits per heavy atom. The van der Waals surface area contributed by atoms with Crippen LogP contribution in [0.2, 0.25) is 0 Å². The number of hydrogen-bond donors (Lipinski definition) is 0. The predicted octanol–water partition coefficient (Wildman–Crippen LogP) is -1.26. The topological polar surface area (TPSA) is 17.1 Å². The van der Waals surface area contributed by atoms with Crippen LogP contribution in [0.5, 0.6) is 0 Å². The second-order valence-electron chi connectivity index (χ2n) is 0. The molecule has 0 spiro atoms. The molecule has 0 aliphatic heterocycles. The molecule has 0 bridgehead atoms. The fraction of sp³-hybridized carbons (Fsp3) is 0. The van der Waals surface area contributed by atoms with Crippen molar-refractivity contribution in [3.63, 3.8) is 0 Å². The molecule has 0 saturated heterocycles. The first kappa shape index (κ1) is 31.3. The quantitative estimate of drug-likeness (QED) is 0.510. The van der Waals surface area contributed by atoms with Gasteiger partial charge in [0.1, 0.15) is 0 Å². The van der Waals surface area contributed by atoms with E-state index in [4.69, 9.17) is 4.46 Å². The Hall–Kier alpha value is 1.52. The van der Waals surface area contributed by atoms with Gasteiger partial charge in [-0.25, -0.2) is 0 Å². The zero-order chi connectivity index (χ0) is 2.00. The maximum Gasteiger partial charge on any atom is 0.381 e. The minimum atomic E-state index is 0. The van der Waals surface area contributed by atoms with E-state index in [0.717, 1.165) is 0 Å². The normalized spacial score (nSPS) is 0.800. The Bertz CT molecular complexity index is 11.6. The first-order valence-corrected chi connectivity index (χ1v) is 0.612. The van der Waals surface area contributed by atoms with Crippen LogP contribution in [-0.4, -0.2) is 45.8 Å². The van der Waals surface area contributed by atoms with Gasteiger partial charge in [-0.1, -0.05) is 0 Å². The van der Waals surface area contributed by atoms with Crippen molar-refractivity contribution in [2.24, 2.45) is 0 Å². The molecule has 0 saturated carbocycles. The third-order valence-electron chi connectivity index (χ3n) is 0. The Kier molecular flexibility index (Phi) is 304. The van der Waals surface area contributed by atoms with Crippen molar-refractivity contribution in [1.82, 2.24) is 0 Å². The summed E-state index contributed by atoms with van der Waals surface area (Å²) in [6.45, 7) is 0. The summed E-state index contributed by atoms with van der Waals surface area (Å²) < 4.78 is 8.06. The van der Waals surface area contributed by atoms with Gasteiger partial charge >= 0.3 is 10.1 Å². The first-order valence-electron chi connectivity index (χ1n) is 0.204. The molecule has 0 aromatic heterocycles. The van der Waals surface area contributed by atoms with Crippen molar-refractivity contribution in [2.75, 3.05) is 0 Å². The van der Waals surface area contributed by atoms with Gasteiger partial charge in [-0.2, -0.15) is 0 Å². The molecular formula is BFeOPbSi. The molecule has 5 heavy (non-hydrogen) atoms. The van der Waals surface area contributed by atoms with Crippen LogP contribution < -0.4 is 0 Å². The summed E-state index contributed by atoms with van der Waals surface area (Å²) in [6.07, 6.45) is 0. The van der Waals surface area contributed by atoms with Gasteiger partial charge in [0.25, 0.3) is 0 Å². The van der Waals surface area contributed by atoms with E-state index >= 15 is 0 Å². The molecule has 0 aromatic carbocycles. The van der Waals surface area contributed by atoms with Gasteiger partial charge in [-0.05, 0) is 0 Å². The van der Waals surface area contributed by atoms with Crippen LogP contribution in [0.3, 0.4) is 0 Å². The molecule has 25 valence electrons. The van der Waals surface area contributed by atoms with E-state index in [9.17, 15) is 0 Å². The van der Waals surface area contributed by atoms with Crippen molar-refractivity contribution in [3.8, 4) is 0 Å².